The Morgan fingerprint density at radius 1 is 1.25 bits per heavy atom. The molecular weight excluding hydrogens is 196 g/mol. The molecule has 0 amide bonds. The second-order valence-corrected chi connectivity index (χ2v) is 5.85. The quantitative estimate of drug-likeness (QED) is 0.746. The van der Waals surface area contributed by atoms with Gasteiger partial charge < -0.3 is 10.2 Å². The van der Waals surface area contributed by atoms with Crippen molar-refractivity contribution < 1.29 is 0 Å². The van der Waals surface area contributed by atoms with Crippen LogP contribution in [0.4, 0.5) is 0 Å². The SMILES string of the molecule is CCCNC(C)CCN1CC2CCCC2C1. The Morgan fingerprint density at radius 2 is 1.94 bits per heavy atom. The Bertz CT molecular complexity index is 193. The van der Waals surface area contributed by atoms with Gasteiger partial charge in [0.05, 0.1) is 0 Å². The van der Waals surface area contributed by atoms with Crippen molar-refractivity contribution in [3.63, 3.8) is 0 Å². The van der Waals surface area contributed by atoms with Crippen LogP contribution in [0, 0.1) is 11.8 Å². The highest BCUT2D eigenvalue weighted by Crippen LogP contribution is 2.37. The molecule has 0 bridgehead atoms. The molecule has 0 aromatic heterocycles. The number of hydrogen-bond donors (Lipinski definition) is 1. The molecule has 0 spiro atoms. The number of nitrogens with one attached hydrogen (secondary N) is 1. The summed E-state index contributed by atoms with van der Waals surface area (Å²) in [7, 11) is 0. The van der Waals surface area contributed by atoms with E-state index in [0.717, 1.165) is 11.8 Å². The molecule has 2 fully saturated rings. The van der Waals surface area contributed by atoms with Crippen molar-refractivity contribution in [3.8, 4) is 0 Å². The van der Waals surface area contributed by atoms with Gasteiger partial charge in [0.15, 0.2) is 0 Å². The van der Waals surface area contributed by atoms with Crippen LogP contribution in [0.25, 0.3) is 0 Å². The molecule has 0 aromatic carbocycles. The van der Waals surface area contributed by atoms with Crippen molar-refractivity contribution in [2.24, 2.45) is 11.8 Å². The monoisotopic (exact) mass is 224 g/mol. The van der Waals surface area contributed by atoms with E-state index >= 15 is 0 Å². The van der Waals surface area contributed by atoms with Crippen molar-refractivity contribution >= 4 is 0 Å². The molecule has 2 rings (SSSR count). The minimum Gasteiger partial charge on any atom is -0.314 e. The zero-order valence-electron chi connectivity index (χ0n) is 11.0. The van der Waals surface area contributed by atoms with Gasteiger partial charge in [-0.15, -0.1) is 0 Å². The number of rotatable bonds is 6. The zero-order valence-corrected chi connectivity index (χ0v) is 11.0. The number of hydrogen-bond acceptors (Lipinski definition) is 2. The first-order chi connectivity index (χ1) is 7.79. The van der Waals surface area contributed by atoms with E-state index in [9.17, 15) is 0 Å². The topological polar surface area (TPSA) is 15.3 Å². The molecule has 1 aliphatic carbocycles. The van der Waals surface area contributed by atoms with Crippen LogP contribution < -0.4 is 5.32 Å². The first-order valence-electron chi connectivity index (χ1n) is 7.25. The summed E-state index contributed by atoms with van der Waals surface area (Å²) in [6.45, 7) is 9.83. The lowest BCUT2D eigenvalue weighted by Crippen LogP contribution is -2.32. The normalized spacial score (nSPS) is 31.9. The lowest BCUT2D eigenvalue weighted by molar-refractivity contribution is 0.291. The molecule has 0 radical (unpaired) electrons. The molecule has 0 aromatic rings. The first kappa shape index (κ1) is 12.4. The van der Waals surface area contributed by atoms with E-state index in [4.69, 9.17) is 0 Å². The maximum atomic E-state index is 3.58. The van der Waals surface area contributed by atoms with Crippen molar-refractivity contribution in [2.45, 2.75) is 52.0 Å². The minimum atomic E-state index is 0.695. The highest BCUT2D eigenvalue weighted by atomic mass is 15.2. The van der Waals surface area contributed by atoms with Crippen molar-refractivity contribution in [1.29, 1.82) is 0 Å². The number of fused-ring (bicyclic) bond motifs is 1. The second-order valence-electron chi connectivity index (χ2n) is 5.85. The van der Waals surface area contributed by atoms with Gasteiger partial charge in [-0.2, -0.15) is 0 Å². The standard InChI is InChI=1S/C14H28N2/c1-3-8-15-12(2)7-9-16-10-13-5-4-6-14(13)11-16/h12-15H,3-11H2,1-2H3. The van der Waals surface area contributed by atoms with Crippen LogP contribution in [0.5, 0.6) is 0 Å². The molecule has 1 N–H and O–H groups in total. The molecule has 3 atom stereocenters. The van der Waals surface area contributed by atoms with Crippen LogP contribution in [0.3, 0.4) is 0 Å². The predicted molar refractivity (Wildman–Crippen MR) is 69.6 cm³/mol. The third-order valence-corrected chi connectivity index (χ3v) is 4.42. The third kappa shape index (κ3) is 3.21. The molecule has 2 nitrogen and oxygen atoms in total. The summed E-state index contributed by atoms with van der Waals surface area (Å²) >= 11 is 0. The smallest absolute Gasteiger partial charge is 0.00508 e. The van der Waals surface area contributed by atoms with E-state index < -0.39 is 0 Å². The predicted octanol–water partition coefficient (Wildman–Crippen LogP) is 2.50. The molecule has 16 heavy (non-hydrogen) atoms. The largest absolute Gasteiger partial charge is 0.314 e. The fraction of sp³-hybridized carbons (Fsp3) is 1.00. The van der Waals surface area contributed by atoms with Crippen molar-refractivity contribution in [2.75, 3.05) is 26.2 Å². The summed E-state index contributed by atoms with van der Waals surface area (Å²) in [4.78, 5) is 2.71. The first-order valence-corrected chi connectivity index (χ1v) is 7.25. The maximum Gasteiger partial charge on any atom is 0.00508 e. The van der Waals surface area contributed by atoms with Gasteiger partial charge >= 0.3 is 0 Å². The van der Waals surface area contributed by atoms with Gasteiger partial charge in [0, 0.05) is 19.1 Å². The molecule has 2 aliphatic rings. The maximum absolute atomic E-state index is 3.58. The molecule has 3 unspecified atom stereocenters. The van der Waals surface area contributed by atoms with E-state index in [2.05, 4.69) is 24.1 Å². The molecule has 1 heterocycles. The lowest BCUT2D eigenvalue weighted by Gasteiger charge is -2.20. The zero-order chi connectivity index (χ0) is 11.4. The van der Waals surface area contributed by atoms with E-state index in [1.54, 1.807) is 0 Å². The Labute approximate surface area is 101 Å². The molecule has 94 valence electrons. The summed E-state index contributed by atoms with van der Waals surface area (Å²) < 4.78 is 0. The third-order valence-electron chi connectivity index (χ3n) is 4.42. The van der Waals surface area contributed by atoms with Gasteiger partial charge in [-0.05, 0) is 57.5 Å². The van der Waals surface area contributed by atoms with Crippen LogP contribution in [-0.2, 0) is 0 Å². The van der Waals surface area contributed by atoms with Crippen LogP contribution in [0.15, 0.2) is 0 Å². The van der Waals surface area contributed by atoms with E-state index in [1.165, 1.54) is 58.3 Å². The van der Waals surface area contributed by atoms with Gasteiger partial charge in [0.25, 0.3) is 0 Å². The lowest BCUT2D eigenvalue weighted by atomic mass is 10.0. The Balaban J connectivity index is 1.60. The number of likely N-dealkylation sites (tertiary alicyclic amines) is 1. The molecule has 1 aliphatic heterocycles. The van der Waals surface area contributed by atoms with Crippen LogP contribution in [-0.4, -0.2) is 37.1 Å². The number of nitrogens with zero attached hydrogens (tertiary/aromatic N) is 1. The highest BCUT2D eigenvalue weighted by Gasteiger charge is 2.35. The van der Waals surface area contributed by atoms with Gasteiger partial charge in [-0.3, -0.25) is 0 Å². The van der Waals surface area contributed by atoms with Gasteiger partial charge in [0.1, 0.15) is 0 Å². The van der Waals surface area contributed by atoms with Crippen LogP contribution in [0.2, 0.25) is 0 Å². The molecule has 1 saturated heterocycles. The van der Waals surface area contributed by atoms with E-state index in [0.29, 0.717) is 6.04 Å². The van der Waals surface area contributed by atoms with Crippen molar-refractivity contribution in [3.05, 3.63) is 0 Å². The Hall–Kier alpha value is -0.0800. The van der Waals surface area contributed by atoms with Gasteiger partial charge in [-0.1, -0.05) is 13.3 Å². The fourth-order valence-corrected chi connectivity index (χ4v) is 3.38. The summed E-state index contributed by atoms with van der Waals surface area (Å²) in [5.74, 6) is 2.11. The van der Waals surface area contributed by atoms with E-state index in [1.807, 2.05) is 0 Å². The van der Waals surface area contributed by atoms with Crippen molar-refractivity contribution in [1.82, 2.24) is 10.2 Å². The van der Waals surface area contributed by atoms with Crippen LogP contribution in [0.1, 0.15) is 46.0 Å². The fourth-order valence-electron chi connectivity index (χ4n) is 3.38. The summed E-state index contributed by atoms with van der Waals surface area (Å²) in [6.07, 6.45) is 7.07. The average molecular weight is 224 g/mol. The van der Waals surface area contributed by atoms with E-state index in [-0.39, 0.29) is 0 Å². The average Bonchev–Trinajstić information content (AvgIpc) is 2.83. The second kappa shape index (κ2) is 6.02. The minimum absolute atomic E-state index is 0.695. The van der Waals surface area contributed by atoms with Gasteiger partial charge in [-0.25, -0.2) is 0 Å². The van der Waals surface area contributed by atoms with Crippen LogP contribution >= 0.6 is 0 Å². The highest BCUT2D eigenvalue weighted by molar-refractivity contribution is 4.88. The Kier molecular flexibility index (Phi) is 4.66. The molecule has 1 saturated carbocycles. The van der Waals surface area contributed by atoms with Gasteiger partial charge in [0.2, 0.25) is 0 Å². The molecule has 2 heteroatoms. The summed E-state index contributed by atoms with van der Waals surface area (Å²) in [5.41, 5.74) is 0. The summed E-state index contributed by atoms with van der Waals surface area (Å²) in [6, 6.07) is 0.695. The Morgan fingerprint density at radius 3 is 2.56 bits per heavy atom. The molecular formula is C14H28N2. The summed E-state index contributed by atoms with van der Waals surface area (Å²) in [5, 5.41) is 3.58.